The summed E-state index contributed by atoms with van der Waals surface area (Å²) in [6.45, 7) is 4.60. The summed E-state index contributed by atoms with van der Waals surface area (Å²) in [6.07, 6.45) is 4.36. The molecule has 0 saturated heterocycles. The van der Waals surface area contributed by atoms with Gasteiger partial charge in [0.05, 0.1) is 31.3 Å². The predicted molar refractivity (Wildman–Crippen MR) is 103 cm³/mol. The Bertz CT molecular complexity index is 942. The molecule has 3 heterocycles. The van der Waals surface area contributed by atoms with Gasteiger partial charge in [0, 0.05) is 22.9 Å². The molecule has 27 heavy (non-hydrogen) atoms. The molecule has 2 N–H and O–H groups in total. The second-order valence-electron chi connectivity index (χ2n) is 7.33. The van der Waals surface area contributed by atoms with Crippen molar-refractivity contribution in [2.45, 2.75) is 45.1 Å². The maximum absolute atomic E-state index is 13.0. The normalized spacial score (nSPS) is 17.6. The predicted octanol–water partition coefficient (Wildman–Crippen LogP) is 2.74. The van der Waals surface area contributed by atoms with Crippen LogP contribution < -0.4 is 15.4 Å². The van der Waals surface area contributed by atoms with Crippen molar-refractivity contribution < 1.29 is 9.53 Å². The fourth-order valence-corrected chi connectivity index (χ4v) is 4.57. The zero-order valence-electron chi connectivity index (χ0n) is 15.7. The lowest BCUT2D eigenvalue weighted by Crippen LogP contribution is -2.53. The summed E-state index contributed by atoms with van der Waals surface area (Å²) in [5.74, 6) is 1.72. The minimum absolute atomic E-state index is 0.110. The Morgan fingerprint density at radius 1 is 1.33 bits per heavy atom. The molecule has 1 aliphatic heterocycles. The highest BCUT2D eigenvalue weighted by Crippen LogP contribution is 2.52. The molecule has 0 atom stereocenters. The number of carbonyl (C=O) groups excluding carboxylic acids is 1. The van der Waals surface area contributed by atoms with E-state index in [-0.39, 0.29) is 23.4 Å². The topological polar surface area (TPSA) is 94.2 Å². The number of pyridine rings is 1. The number of nitrogens with two attached hydrogens (primary N) is 1. The third-order valence-electron chi connectivity index (χ3n) is 5.81. The maximum Gasteiger partial charge on any atom is 0.223 e. The number of nitrogens with zero attached hydrogens (tertiary/aromatic N) is 4. The first-order valence-corrected chi connectivity index (χ1v) is 9.36. The Labute approximate surface area is 162 Å². The van der Waals surface area contributed by atoms with Gasteiger partial charge in [0.1, 0.15) is 16.7 Å². The van der Waals surface area contributed by atoms with E-state index in [4.69, 9.17) is 22.1 Å². The fourth-order valence-electron chi connectivity index (χ4n) is 4.22. The molecule has 1 fully saturated rings. The first-order chi connectivity index (χ1) is 12.9. The van der Waals surface area contributed by atoms with E-state index in [1.54, 1.807) is 13.3 Å². The molecular formula is C19H22ClN5O2. The Kier molecular flexibility index (Phi) is 4.22. The third kappa shape index (κ3) is 2.64. The van der Waals surface area contributed by atoms with Gasteiger partial charge in [-0.1, -0.05) is 18.0 Å². The Morgan fingerprint density at radius 3 is 2.70 bits per heavy atom. The molecule has 4 rings (SSSR count). The van der Waals surface area contributed by atoms with Crippen molar-refractivity contribution >= 4 is 29.2 Å². The number of rotatable bonds is 3. The van der Waals surface area contributed by atoms with Crippen LogP contribution in [0.1, 0.15) is 41.6 Å². The van der Waals surface area contributed by atoms with Crippen molar-refractivity contribution in [1.29, 1.82) is 0 Å². The number of fused-ring (bicyclic) bond motifs is 2. The Balaban J connectivity index is 1.80. The lowest BCUT2D eigenvalue weighted by Gasteiger charge is -2.47. The third-order valence-corrected chi connectivity index (χ3v) is 6.08. The molecule has 0 amide bonds. The fraction of sp³-hybridized carbons (Fsp3) is 0.474. The number of aryl methyl sites for hydroxylation is 1. The molecule has 8 heteroatoms. The molecule has 142 valence electrons. The van der Waals surface area contributed by atoms with E-state index in [1.165, 1.54) is 0 Å². The maximum atomic E-state index is 13.0. The van der Waals surface area contributed by atoms with E-state index in [2.05, 4.69) is 15.0 Å². The Hall–Kier alpha value is -2.41. The van der Waals surface area contributed by atoms with E-state index >= 15 is 0 Å². The van der Waals surface area contributed by atoms with Crippen LogP contribution in [0.5, 0.6) is 5.75 Å². The molecule has 1 saturated carbocycles. The molecule has 1 spiro atoms. The summed E-state index contributed by atoms with van der Waals surface area (Å²) in [4.78, 5) is 28.0. The van der Waals surface area contributed by atoms with Crippen LogP contribution in [0.15, 0.2) is 6.20 Å². The minimum atomic E-state index is -0.552. The highest BCUT2D eigenvalue weighted by atomic mass is 35.5. The molecule has 0 radical (unpaired) electrons. The molecule has 1 aliphatic carbocycles. The van der Waals surface area contributed by atoms with E-state index in [0.717, 1.165) is 47.4 Å². The van der Waals surface area contributed by atoms with Gasteiger partial charge in [-0.2, -0.15) is 4.98 Å². The molecule has 0 bridgehead atoms. The number of hydrogen-bond acceptors (Lipinski definition) is 7. The number of aromatic nitrogens is 3. The van der Waals surface area contributed by atoms with Crippen LogP contribution in [-0.4, -0.2) is 34.4 Å². The SMILES string of the molecule is COc1c(C)cnc(CN2CC(=O)C3(CCC3)c3c(Cl)nc(N)nc32)c1C. The van der Waals surface area contributed by atoms with Crippen molar-refractivity contribution in [2.75, 3.05) is 24.3 Å². The molecular weight excluding hydrogens is 366 g/mol. The zero-order valence-corrected chi connectivity index (χ0v) is 16.4. The van der Waals surface area contributed by atoms with Gasteiger partial charge in [0.2, 0.25) is 5.95 Å². The molecule has 7 nitrogen and oxygen atoms in total. The number of methoxy groups -OCH3 is 1. The summed E-state index contributed by atoms with van der Waals surface area (Å²) in [6, 6.07) is 0. The van der Waals surface area contributed by atoms with Crippen LogP contribution in [0, 0.1) is 13.8 Å². The van der Waals surface area contributed by atoms with Crippen molar-refractivity contribution in [3.8, 4) is 5.75 Å². The van der Waals surface area contributed by atoms with E-state index < -0.39 is 5.41 Å². The van der Waals surface area contributed by atoms with Gasteiger partial charge < -0.3 is 15.4 Å². The van der Waals surface area contributed by atoms with Gasteiger partial charge in [-0.3, -0.25) is 9.78 Å². The average Bonchev–Trinajstić information content (AvgIpc) is 2.57. The summed E-state index contributed by atoms with van der Waals surface area (Å²) in [5.41, 5.74) is 8.78. The number of ether oxygens (including phenoxy) is 1. The lowest BCUT2D eigenvalue weighted by molar-refractivity contribution is -0.126. The highest BCUT2D eigenvalue weighted by Gasteiger charge is 2.52. The lowest BCUT2D eigenvalue weighted by atomic mass is 9.61. The molecule has 2 aliphatic rings. The first kappa shape index (κ1) is 18.0. The van der Waals surface area contributed by atoms with Gasteiger partial charge in [-0.15, -0.1) is 0 Å². The molecule has 0 unspecified atom stereocenters. The van der Waals surface area contributed by atoms with Gasteiger partial charge in [-0.05, 0) is 26.7 Å². The average molecular weight is 388 g/mol. The number of hydrogen-bond donors (Lipinski definition) is 1. The van der Waals surface area contributed by atoms with Crippen LogP contribution in [0.3, 0.4) is 0 Å². The number of ketones is 1. The first-order valence-electron chi connectivity index (χ1n) is 8.98. The number of Topliss-reactive ketones (excluding diaryl/α,β-unsaturated/α-hetero) is 1. The standard InChI is InChI=1S/C19H22ClN5O2/c1-10-7-22-12(11(2)15(10)27-3)8-25-9-13(26)19(5-4-6-19)14-16(20)23-18(21)24-17(14)25/h7H,4-6,8-9H2,1-3H3,(H2,21,23,24). The van der Waals surface area contributed by atoms with Crippen molar-refractivity contribution in [2.24, 2.45) is 0 Å². The molecule has 2 aromatic heterocycles. The molecule has 2 aromatic rings. The number of halogens is 1. The smallest absolute Gasteiger partial charge is 0.223 e. The van der Waals surface area contributed by atoms with E-state index in [1.807, 2.05) is 18.7 Å². The van der Waals surface area contributed by atoms with Crippen LogP contribution >= 0.6 is 11.6 Å². The van der Waals surface area contributed by atoms with Crippen molar-refractivity contribution in [1.82, 2.24) is 15.0 Å². The Morgan fingerprint density at radius 2 is 2.07 bits per heavy atom. The van der Waals surface area contributed by atoms with Crippen LogP contribution in [0.2, 0.25) is 5.15 Å². The number of nitrogen functional groups attached to an aromatic ring is 1. The summed E-state index contributed by atoms with van der Waals surface area (Å²) < 4.78 is 5.50. The van der Waals surface area contributed by atoms with Crippen molar-refractivity contribution in [3.63, 3.8) is 0 Å². The van der Waals surface area contributed by atoms with Crippen LogP contribution in [0.4, 0.5) is 11.8 Å². The van der Waals surface area contributed by atoms with Gasteiger partial charge in [0.15, 0.2) is 5.78 Å². The quantitative estimate of drug-likeness (QED) is 0.809. The van der Waals surface area contributed by atoms with Gasteiger partial charge in [0.25, 0.3) is 0 Å². The number of anilines is 2. The van der Waals surface area contributed by atoms with E-state index in [9.17, 15) is 4.79 Å². The minimum Gasteiger partial charge on any atom is -0.496 e. The monoisotopic (exact) mass is 387 g/mol. The zero-order chi connectivity index (χ0) is 19.3. The summed E-state index contributed by atoms with van der Waals surface area (Å²) in [7, 11) is 1.65. The van der Waals surface area contributed by atoms with Crippen LogP contribution in [-0.2, 0) is 16.8 Å². The van der Waals surface area contributed by atoms with Gasteiger partial charge >= 0.3 is 0 Å². The van der Waals surface area contributed by atoms with Gasteiger partial charge in [-0.25, -0.2) is 4.98 Å². The largest absolute Gasteiger partial charge is 0.496 e. The molecule has 0 aromatic carbocycles. The van der Waals surface area contributed by atoms with Crippen molar-refractivity contribution in [3.05, 3.63) is 33.7 Å². The number of carbonyl (C=O) groups is 1. The van der Waals surface area contributed by atoms with Crippen LogP contribution in [0.25, 0.3) is 0 Å². The van der Waals surface area contributed by atoms with E-state index in [0.29, 0.717) is 12.4 Å². The second-order valence-corrected chi connectivity index (χ2v) is 7.69. The summed E-state index contributed by atoms with van der Waals surface area (Å²) >= 11 is 6.43. The second kappa shape index (κ2) is 6.34. The highest BCUT2D eigenvalue weighted by molar-refractivity contribution is 6.31. The summed E-state index contributed by atoms with van der Waals surface area (Å²) in [5, 5.41) is 0.279.